The second-order valence-electron chi connectivity index (χ2n) is 10.6. The monoisotopic (exact) mass is 799 g/mol. The molecule has 278 valence electrons. The van der Waals surface area contributed by atoms with Crippen LogP contribution in [-0.2, 0) is 36.5 Å². The van der Waals surface area contributed by atoms with Gasteiger partial charge in [0.15, 0.2) is 5.82 Å². The number of anilines is 6. The van der Waals surface area contributed by atoms with Gasteiger partial charge in [0.2, 0.25) is 17.2 Å². The van der Waals surface area contributed by atoms with E-state index in [0.29, 0.717) is 35.7 Å². The fourth-order valence-corrected chi connectivity index (χ4v) is 6.30. The first-order valence-electron chi connectivity index (χ1n) is 15.4. The zero-order valence-electron chi connectivity index (χ0n) is 28.4. The zero-order valence-corrected chi connectivity index (χ0v) is 31.6. The van der Waals surface area contributed by atoms with Gasteiger partial charge in [-0.25, -0.2) is 9.19 Å². The fourth-order valence-electron chi connectivity index (χ4n) is 4.47. The quantitative estimate of drug-likeness (QED) is 0.0399. The molecule has 4 aromatic rings. The summed E-state index contributed by atoms with van der Waals surface area (Å²) in [5.41, 5.74) is 1.15. The molecule has 4 rings (SSSR count). The molecule has 0 amide bonds. The van der Waals surface area contributed by atoms with E-state index in [1.807, 2.05) is 0 Å². The maximum atomic E-state index is 12.4. The van der Waals surface area contributed by atoms with Crippen molar-refractivity contribution in [2.75, 3.05) is 53.8 Å². The maximum absolute atomic E-state index is 12.4. The van der Waals surface area contributed by atoms with Gasteiger partial charge < -0.3 is 26.0 Å². The summed E-state index contributed by atoms with van der Waals surface area (Å²) in [6.45, 7) is 9.74. The van der Waals surface area contributed by atoms with Gasteiger partial charge in [0.1, 0.15) is 28.2 Å². The van der Waals surface area contributed by atoms with Gasteiger partial charge in [0.25, 0.3) is 10.1 Å². The Morgan fingerprint density at radius 2 is 1.62 bits per heavy atom. The van der Waals surface area contributed by atoms with Crippen molar-refractivity contribution in [2.45, 2.75) is 23.1 Å². The number of hydrogen-bond donors (Lipinski definition) is 5. The molecule has 0 spiro atoms. The minimum atomic E-state index is -4.78. The van der Waals surface area contributed by atoms with Crippen LogP contribution in [0, 0.1) is 18.3 Å². The largest absolute Gasteiger partial charge is 0.385 e. The smallest absolute Gasteiger partial charge is 0.296 e. The van der Waals surface area contributed by atoms with Crippen LogP contribution in [0.2, 0.25) is 5.28 Å². The predicted octanol–water partition coefficient (Wildman–Crippen LogP) is 6.25. The Kier molecular flexibility index (Phi) is 14.6. The molecule has 5 N–H and O–H groups in total. The van der Waals surface area contributed by atoms with E-state index >= 15 is 0 Å². The molecule has 21 heteroatoms. The molecule has 0 aliphatic rings. The lowest BCUT2D eigenvalue weighted by Gasteiger charge is -2.15. The van der Waals surface area contributed by atoms with E-state index < -0.39 is 36.6 Å². The number of benzene rings is 2. The van der Waals surface area contributed by atoms with Crippen molar-refractivity contribution in [1.29, 1.82) is 5.26 Å². The Morgan fingerprint density at radius 3 is 2.25 bits per heavy atom. The highest BCUT2D eigenvalue weighted by Crippen LogP contribution is 2.37. The van der Waals surface area contributed by atoms with E-state index in [-0.39, 0.29) is 63.7 Å². The van der Waals surface area contributed by atoms with Crippen molar-refractivity contribution in [3.05, 3.63) is 82.8 Å². The van der Waals surface area contributed by atoms with Crippen LogP contribution in [0.4, 0.5) is 46.3 Å². The van der Waals surface area contributed by atoms with Crippen LogP contribution in [0.15, 0.2) is 86.5 Å². The third-order valence-corrected chi connectivity index (χ3v) is 10.1. The molecule has 2 aromatic heterocycles. The van der Waals surface area contributed by atoms with Crippen LogP contribution in [0.3, 0.4) is 0 Å². The summed E-state index contributed by atoms with van der Waals surface area (Å²) in [7, 11) is -5.84. The fraction of sp³-hybridized carbons (Fsp3) is 0.219. The van der Waals surface area contributed by atoms with Crippen molar-refractivity contribution in [3.63, 3.8) is 0 Å². The number of nitriles is 1. The van der Waals surface area contributed by atoms with Crippen LogP contribution in [0.1, 0.15) is 17.5 Å². The lowest BCUT2D eigenvalue weighted by atomic mass is 10.1. The van der Waals surface area contributed by atoms with Gasteiger partial charge in [-0.2, -0.15) is 28.6 Å². The van der Waals surface area contributed by atoms with Gasteiger partial charge in [-0.1, -0.05) is 13.2 Å². The lowest BCUT2D eigenvalue weighted by molar-refractivity contribution is 0.198. The molecule has 2 heterocycles. The summed E-state index contributed by atoms with van der Waals surface area (Å²) >= 11 is 6.17. The van der Waals surface area contributed by atoms with E-state index in [1.54, 1.807) is 38.3 Å². The van der Waals surface area contributed by atoms with Crippen LogP contribution in [0.25, 0.3) is 0 Å². The number of hydrogen-bond acceptors (Lipinski definition) is 16. The van der Waals surface area contributed by atoms with Crippen LogP contribution < -0.4 is 21.3 Å². The third kappa shape index (κ3) is 11.4. The number of rotatable bonds is 19. The predicted molar refractivity (Wildman–Crippen MR) is 205 cm³/mol. The number of aromatic nitrogens is 4. The topological polar surface area (TPSA) is 246 Å². The molecule has 0 saturated carbocycles. The average molecular weight is 800 g/mol. The molecule has 0 saturated heterocycles. The Labute approximate surface area is 315 Å². The van der Waals surface area contributed by atoms with Crippen LogP contribution in [0.5, 0.6) is 0 Å². The number of methoxy groups -OCH3 is 1. The van der Waals surface area contributed by atoms with E-state index in [1.165, 1.54) is 22.9 Å². The lowest BCUT2D eigenvalue weighted by Crippen LogP contribution is -2.14. The Morgan fingerprint density at radius 1 is 0.962 bits per heavy atom. The highest BCUT2D eigenvalue weighted by atomic mass is 35.5. The number of pyridine rings is 1. The number of azo groups is 1. The average Bonchev–Trinajstić information content (AvgIpc) is 3.12. The first-order valence-corrected chi connectivity index (χ1v) is 19.8. The standard InChI is InChI=1S/C32H34ClN11O6S3/c1-5-51(45)17-15-36-28-24(19-34)20(3)27(29(39-28)35-14-7-16-50-4)44-43-25-18-22(10-13-26(25)53(47,48)49)38-32-41-30(33)40-31(42-32)37-21-8-11-23(12-9-21)52(46)6-2/h5-6,8-13,18H,1-2,7,14-17H2,3-4H3,(H2,35,36,39)(H,47,48,49)(H2,37,38,40,41,42). The molecular formula is C32H34ClN11O6S3. The van der Waals surface area contributed by atoms with Crippen molar-refractivity contribution >= 4 is 89.6 Å². The molecule has 17 nitrogen and oxygen atoms in total. The maximum Gasteiger partial charge on any atom is 0.296 e. The summed E-state index contributed by atoms with van der Waals surface area (Å²) < 4.78 is 63.7. The zero-order chi connectivity index (χ0) is 38.5. The van der Waals surface area contributed by atoms with Crippen LogP contribution in [-0.4, -0.2) is 73.9 Å². The van der Waals surface area contributed by atoms with Gasteiger partial charge >= 0.3 is 0 Å². The Hall–Kier alpha value is -5.17. The highest BCUT2D eigenvalue weighted by molar-refractivity contribution is 7.88. The van der Waals surface area contributed by atoms with E-state index in [9.17, 15) is 26.7 Å². The van der Waals surface area contributed by atoms with Gasteiger partial charge in [-0.3, -0.25) is 8.76 Å². The first kappa shape index (κ1) is 40.6. The van der Waals surface area contributed by atoms with Crippen molar-refractivity contribution < 1.29 is 26.1 Å². The van der Waals surface area contributed by atoms with Gasteiger partial charge in [-0.05, 0) is 72.8 Å². The number of nitrogens with zero attached hydrogens (tertiary/aromatic N) is 7. The van der Waals surface area contributed by atoms with Gasteiger partial charge in [-0.15, -0.1) is 10.2 Å². The Bertz CT molecular complexity index is 2220. The van der Waals surface area contributed by atoms with Gasteiger partial charge in [0, 0.05) is 70.6 Å². The molecular weight excluding hydrogens is 766 g/mol. The molecule has 2 unspecified atom stereocenters. The summed E-state index contributed by atoms with van der Waals surface area (Å²) in [6, 6.07) is 12.5. The second kappa shape index (κ2) is 19.1. The third-order valence-electron chi connectivity index (χ3n) is 6.98. The number of nitrogens with one attached hydrogen (secondary N) is 4. The van der Waals surface area contributed by atoms with Crippen LogP contribution >= 0.6 is 11.6 Å². The molecule has 53 heavy (non-hydrogen) atoms. The van der Waals surface area contributed by atoms with Crippen molar-refractivity contribution in [3.8, 4) is 6.07 Å². The number of halogens is 1. The molecule has 2 atom stereocenters. The summed E-state index contributed by atoms with van der Waals surface area (Å²) in [6.07, 6.45) is 0.595. The summed E-state index contributed by atoms with van der Waals surface area (Å²) in [5.74, 6) is 0.711. The van der Waals surface area contributed by atoms with Crippen molar-refractivity contribution in [1.82, 2.24) is 19.9 Å². The van der Waals surface area contributed by atoms with E-state index in [4.69, 9.17) is 16.3 Å². The normalized spacial score (nSPS) is 12.4. The van der Waals surface area contributed by atoms with Crippen molar-refractivity contribution in [2.24, 2.45) is 10.2 Å². The molecule has 0 aliphatic heterocycles. The molecule has 0 radical (unpaired) electrons. The minimum Gasteiger partial charge on any atom is -0.385 e. The molecule has 0 aliphatic carbocycles. The molecule has 0 bridgehead atoms. The molecule has 0 fully saturated rings. The minimum absolute atomic E-state index is 0.0272. The highest BCUT2D eigenvalue weighted by Gasteiger charge is 2.20. The summed E-state index contributed by atoms with van der Waals surface area (Å²) in [5, 5.41) is 33.0. The summed E-state index contributed by atoms with van der Waals surface area (Å²) in [4.78, 5) is 17.0. The molecule has 2 aromatic carbocycles. The second-order valence-corrected chi connectivity index (χ2v) is 15.2. The van der Waals surface area contributed by atoms with Gasteiger partial charge in [0.05, 0.1) is 16.4 Å². The first-order chi connectivity index (χ1) is 25.4. The SMILES string of the molecule is C=CS(=O)CCNc1nc(NCCCOC)c(N=Nc2cc(Nc3nc(Cl)nc(Nc4ccc(S(=O)C=C)cc4)n3)ccc2S(=O)(=O)O)c(C)c1C#N. The number of ether oxygens (including phenoxy) is 1. The Balaban J connectivity index is 1.69. The van der Waals surface area contributed by atoms with E-state index in [0.717, 1.165) is 6.07 Å². The van der Waals surface area contributed by atoms with E-state index in [2.05, 4.69) is 70.7 Å².